The molecule has 1 heteroatoms. The van der Waals surface area contributed by atoms with Gasteiger partial charge in [0, 0.05) is 10.9 Å². The molecule has 0 radical (unpaired) electrons. The minimum Gasteiger partial charge on any atom is -0.205 e. The molecule has 3 aromatic carbocycles. The molecule has 0 bridgehead atoms. The zero-order valence-electron chi connectivity index (χ0n) is 18.4. The number of benzene rings is 3. The van der Waals surface area contributed by atoms with Crippen LogP contribution in [-0.4, -0.2) is 0 Å². The smallest absolute Gasteiger partial charge is 0.146 e. The Morgan fingerprint density at radius 2 is 1.33 bits per heavy atom. The molecule has 0 atom stereocenters. The molecule has 0 N–H and O–H groups in total. The monoisotopic (exact) mass is 400 g/mol. The Morgan fingerprint density at radius 1 is 0.667 bits per heavy atom. The number of fused-ring (bicyclic) bond motifs is 1. The van der Waals surface area contributed by atoms with Crippen molar-refractivity contribution in [2.75, 3.05) is 0 Å². The third-order valence-corrected chi connectivity index (χ3v) is 5.70. The van der Waals surface area contributed by atoms with Crippen LogP contribution in [0, 0.1) is 17.7 Å². The number of aryl methyl sites for hydroxylation is 2. The molecule has 0 saturated carbocycles. The van der Waals surface area contributed by atoms with Gasteiger partial charge < -0.3 is 0 Å². The van der Waals surface area contributed by atoms with Gasteiger partial charge in [0.1, 0.15) is 5.82 Å². The Bertz CT molecular complexity index is 1000. The number of hydrogen-bond donors (Lipinski definition) is 0. The average molecular weight is 401 g/mol. The van der Waals surface area contributed by atoms with E-state index in [4.69, 9.17) is 0 Å². The first-order valence-electron chi connectivity index (χ1n) is 11.5. The van der Waals surface area contributed by atoms with E-state index in [1.54, 1.807) is 0 Å². The molecule has 0 spiro atoms. The summed E-state index contributed by atoms with van der Waals surface area (Å²) in [6.07, 6.45) is 10.9. The molecule has 0 aliphatic carbocycles. The highest BCUT2D eigenvalue weighted by atomic mass is 19.1. The van der Waals surface area contributed by atoms with Crippen molar-refractivity contribution < 1.29 is 4.39 Å². The van der Waals surface area contributed by atoms with E-state index in [0.717, 1.165) is 23.8 Å². The zero-order chi connectivity index (χ0) is 21.2. The van der Waals surface area contributed by atoms with E-state index < -0.39 is 0 Å². The molecule has 0 aliphatic rings. The first-order valence-corrected chi connectivity index (χ1v) is 11.5. The third kappa shape index (κ3) is 6.20. The molecule has 3 aromatic rings. The molecule has 0 nitrogen and oxygen atoms in total. The van der Waals surface area contributed by atoms with E-state index in [0.29, 0.717) is 10.9 Å². The van der Waals surface area contributed by atoms with Gasteiger partial charge in [0.15, 0.2) is 0 Å². The average Bonchev–Trinajstić information content (AvgIpc) is 2.77. The van der Waals surface area contributed by atoms with Crippen molar-refractivity contribution in [3.63, 3.8) is 0 Å². The van der Waals surface area contributed by atoms with Crippen molar-refractivity contribution in [2.24, 2.45) is 0 Å². The lowest BCUT2D eigenvalue weighted by Gasteiger charge is -2.06. The van der Waals surface area contributed by atoms with Crippen molar-refractivity contribution in [1.82, 2.24) is 0 Å². The van der Waals surface area contributed by atoms with Crippen LogP contribution >= 0.6 is 0 Å². The van der Waals surface area contributed by atoms with E-state index in [1.165, 1.54) is 56.1 Å². The second-order valence-electron chi connectivity index (χ2n) is 8.20. The largest absolute Gasteiger partial charge is 0.205 e. The summed E-state index contributed by atoms with van der Waals surface area (Å²) in [5.41, 5.74) is 4.02. The van der Waals surface area contributed by atoms with Gasteiger partial charge in [0.2, 0.25) is 0 Å². The number of hydrogen-bond acceptors (Lipinski definition) is 0. The van der Waals surface area contributed by atoms with Crippen LogP contribution in [0.2, 0.25) is 0 Å². The highest BCUT2D eigenvalue weighted by Crippen LogP contribution is 2.23. The Hall–Kier alpha value is -2.59. The van der Waals surface area contributed by atoms with Gasteiger partial charge in [0.25, 0.3) is 0 Å². The van der Waals surface area contributed by atoms with Crippen LogP contribution in [0.5, 0.6) is 0 Å². The fourth-order valence-corrected chi connectivity index (χ4v) is 3.82. The van der Waals surface area contributed by atoms with Gasteiger partial charge in [-0.15, -0.1) is 0 Å². The molecule has 0 heterocycles. The SMILES string of the molecule is CCCCCCc1ccc(C#Cc2ccc3cc(CCCCC)ccc3c2F)cc1. The van der Waals surface area contributed by atoms with Crippen molar-refractivity contribution in [3.05, 3.63) is 82.7 Å². The van der Waals surface area contributed by atoms with Gasteiger partial charge in [-0.2, -0.15) is 0 Å². The summed E-state index contributed by atoms with van der Waals surface area (Å²) < 4.78 is 15.0. The van der Waals surface area contributed by atoms with Gasteiger partial charge in [0.05, 0.1) is 5.56 Å². The molecule has 0 amide bonds. The fourth-order valence-electron chi connectivity index (χ4n) is 3.82. The molecule has 3 rings (SSSR count). The maximum Gasteiger partial charge on any atom is 0.146 e. The summed E-state index contributed by atoms with van der Waals surface area (Å²) in [6, 6.07) is 18.3. The van der Waals surface area contributed by atoms with Crippen LogP contribution in [0.4, 0.5) is 4.39 Å². The summed E-state index contributed by atoms with van der Waals surface area (Å²) in [5, 5.41) is 1.61. The number of unbranched alkanes of at least 4 members (excludes halogenated alkanes) is 5. The normalized spacial score (nSPS) is 10.8. The van der Waals surface area contributed by atoms with E-state index in [-0.39, 0.29) is 5.82 Å². The van der Waals surface area contributed by atoms with Crippen molar-refractivity contribution in [3.8, 4) is 11.8 Å². The first-order chi connectivity index (χ1) is 14.7. The molecule has 30 heavy (non-hydrogen) atoms. The Balaban J connectivity index is 1.69. The van der Waals surface area contributed by atoms with Crippen molar-refractivity contribution in [1.29, 1.82) is 0 Å². The van der Waals surface area contributed by atoms with Crippen LogP contribution in [0.3, 0.4) is 0 Å². The fraction of sp³-hybridized carbons (Fsp3) is 0.379. The van der Waals surface area contributed by atoms with E-state index >= 15 is 0 Å². The van der Waals surface area contributed by atoms with E-state index in [1.807, 2.05) is 30.3 Å². The van der Waals surface area contributed by atoms with Crippen LogP contribution in [0.15, 0.2) is 54.6 Å². The summed E-state index contributed by atoms with van der Waals surface area (Å²) in [6.45, 7) is 4.44. The zero-order valence-corrected chi connectivity index (χ0v) is 18.4. The number of halogens is 1. The van der Waals surface area contributed by atoms with Crippen LogP contribution < -0.4 is 0 Å². The van der Waals surface area contributed by atoms with Gasteiger partial charge in [-0.1, -0.05) is 94.2 Å². The third-order valence-electron chi connectivity index (χ3n) is 5.70. The van der Waals surface area contributed by atoms with Gasteiger partial charge in [-0.25, -0.2) is 4.39 Å². The molecule has 0 fully saturated rings. The maximum absolute atomic E-state index is 15.0. The highest BCUT2D eigenvalue weighted by molar-refractivity contribution is 5.85. The molecular formula is C29H33F. The molecule has 0 aliphatic heterocycles. The molecule has 0 aromatic heterocycles. The topological polar surface area (TPSA) is 0 Å². The Kier molecular flexibility index (Phi) is 8.52. The van der Waals surface area contributed by atoms with E-state index in [2.05, 4.69) is 50.0 Å². The lowest BCUT2D eigenvalue weighted by atomic mass is 10.0. The maximum atomic E-state index is 15.0. The van der Waals surface area contributed by atoms with E-state index in [9.17, 15) is 4.39 Å². The molecule has 0 unspecified atom stereocenters. The number of rotatable bonds is 9. The summed E-state index contributed by atoms with van der Waals surface area (Å²) >= 11 is 0. The Morgan fingerprint density at radius 3 is 2.10 bits per heavy atom. The van der Waals surface area contributed by atoms with Crippen molar-refractivity contribution in [2.45, 2.75) is 71.6 Å². The lowest BCUT2D eigenvalue weighted by Crippen LogP contribution is -1.90. The lowest BCUT2D eigenvalue weighted by molar-refractivity contribution is 0.636. The predicted molar refractivity (Wildman–Crippen MR) is 127 cm³/mol. The van der Waals surface area contributed by atoms with Gasteiger partial charge >= 0.3 is 0 Å². The minimum atomic E-state index is -0.215. The van der Waals surface area contributed by atoms with Crippen LogP contribution in [0.25, 0.3) is 10.8 Å². The van der Waals surface area contributed by atoms with Crippen LogP contribution in [-0.2, 0) is 12.8 Å². The summed E-state index contributed by atoms with van der Waals surface area (Å²) in [4.78, 5) is 0. The second kappa shape index (κ2) is 11.6. The standard InChI is InChI=1S/C29H33F/c1-3-5-7-9-10-23-12-14-24(15-13-23)16-18-26-19-20-27-22-25(11-8-6-4-2)17-21-28(27)29(26)30/h12-15,17,19-22H,3-11H2,1-2H3. The van der Waals surface area contributed by atoms with Gasteiger partial charge in [-0.05, 0) is 60.4 Å². The quantitative estimate of drug-likeness (QED) is 0.251. The predicted octanol–water partition coefficient (Wildman–Crippen LogP) is 8.23. The molecule has 156 valence electrons. The van der Waals surface area contributed by atoms with Gasteiger partial charge in [-0.3, -0.25) is 0 Å². The highest BCUT2D eigenvalue weighted by Gasteiger charge is 2.06. The first kappa shape index (κ1) is 22.1. The Labute approximate surface area is 181 Å². The summed E-state index contributed by atoms with van der Waals surface area (Å²) in [5.74, 6) is 5.94. The molecular weight excluding hydrogens is 367 g/mol. The summed E-state index contributed by atoms with van der Waals surface area (Å²) in [7, 11) is 0. The molecule has 0 saturated heterocycles. The second-order valence-corrected chi connectivity index (χ2v) is 8.20. The van der Waals surface area contributed by atoms with Crippen molar-refractivity contribution >= 4 is 10.8 Å². The minimum absolute atomic E-state index is 0.215. The van der Waals surface area contributed by atoms with Crippen LogP contribution in [0.1, 0.15) is 81.0 Å².